The maximum absolute atomic E-state index is 11.9. The second kappa shape index (κ2) is 5.28. The van der Waals surface area contributed by atoms with Gasteiger partial charge in [-0.15, -0.1) is 0 Å². The van der Waals surface area contributed by atoms with E-state index < -0.39 is 0 Å². The monoisotopic (exact) mass is 351 g/mol. The first-order valence-corrected chi connectivity index (χ1v) is 7.20. The van der Waals surface area contributed by atoms with Crippen molar-refractivity contribution in [1.29, 1.82) is 0 Å². The van der Waals surface area contributed by atoms with Crippen LogP contribution in [0.1, 0.15) is 5.56 Å². The Bertz CT molecular complexity index is 715. The van der Waals surface area contributed by atoms with Crippen LogP contribution < -0.4 is 26.2 Å². The lowest BCUT2D eigenvalue weighted by molar-refractivity contribution is 0.414. The number of rotatable bonds is 3. The van der Waals surface area contributed by atoms with Gasteiger partial charge in [0.15, 0.2) is 10.9 Å². The van der Waals surface area contributed by atoms with Gasteiger partial charge in [-0.25, -0.2) is 0 Å². The van der Waals surface area contributed by atoms with Crippen molar-refractivity contribution in [3.05, 3.63) is 40.2 Å². The van der Waals surface area contributed by atoms with Gasteiger partial charge in [-0.2, -0.15) is 4.98 Å². The number of hydrogen-bond donors (Lipinski definition) is 3. The molecule has 1 aromatic carbocycles. The lowest BCUT2D eigenvalue weighted by atomic mass is 10.2. The van der Waals surface area contributed by atoms with E-state index in [1.165, 1.54) is 0 Å². The molecule has 4 N–H and O–H groups in total. The number of nitrogen functional groups attached to an aromatic ring is 1. The summed E-state index contributed by atoms with van der Waals surface area (Å²) < 4.78 is 5.14. The normalized spacial score (nSPS) is 16.5. The van der Waals surface area contributed by atoms with Crippen LogP contribution in [0.4, 0.5) is 17.5 Å². The minimum atomic E-state index is -0.279. The van der Waals surface area contributed by atoms with Crippen molar-refractivity contribution >= 4 is 33.4 Å². The summed E-state index contributed by atoms with van der Waals surface area (Å²) in [5.41, 5.74) is 6.82. The lowest BCUT2D eigenvalue weighted by Crippen LogP contribution is -2.30. The van der Waals surface area contributed by atoms with Crippen molar-refractivity contribution in [2.45, 2.75) is 11.6 Å². The van der Waals surface area contributed by atoms with Crippen molar-refractivity contribution in [1.82, 2.24) is 9.97 Å². The number of aromatic amines is 1. The van der Waals surface area contributed by atoms with Gasteiger partial charge in [0.05, 0.1) is 7.11 Å². The third kappa shape index (κ3) is 2.54. The Morgan fingerprint density at radius 2 is 2.14 bits per heavy atom. The largest absolute Gasteiger partial charge is 0.497 e. The van der Waals surface area contributed by atoms with Crippen LogP contribution in [0, 0.1) is 0 Å². The summed E-state index contributed by atoms with van der Waals surface area (Å²) in [5, 5.41) is 2.82. The van der Waals surface area contributed by atoms with Gasteiger partial charge in [-0.1, -0.05) is 12.1 Å². The average Bonchev–Trinajstić information content (AvgIpc) is 2.77. The molecule has 1 aliphatic heterocycles. The minimum absolute atomic E-state index is 0.0990. The summed E-state index contributed by atoms with van der Waals surface area (Å²) in [6.45, 7) is 0.579. The third-order valence-corrected chi connectivity index (χ3v) is 3.96. The van der Waals surface area contributed by atoms with E-state index in [1.54, 1.807) is 7.11 Å². The Kier molecular flexibility index (Phi) is 3.46. The molecule has 3 rings (SSSR count). The summed E-state index contributed by atoms with van der Waals surface area (Å²) in [7, 11) is 1.63. The van der Waals surface area contributed by atoms with E-state index in [-0.39, 0.29) is 16.6 Å². The number of ether oxygens (including phenoxy) is 1. The summed E-state index contributed by atoms with van der Waals surface area (Å²) >= 11 is 3.49. The average molecular weight is 352 g/mol. The molecule has 0 radical (unpaired) electrons. The van der Waals surface area contributed by atoms with Crippen LogP contribution in [0.5, 0.6) is 5.75 Å². The van der Waals surface area contributed by atoms with Gasteiger partial charge in [-0.3, -0.25) is 9.78 Å². The number of fused-ring (bicyclic) bond motifs is 1. The van der Waals surface area contributed by atoms with Crippen LogP contribution in [0.3, 0.4) is 0 Å². The van der Waals surface area contributed by atoms with Crippen molar-refractivity contribution < 1.29 is 4.74 Å². The van der Waals surface area contributed by atoms with E-state index in [0.717, 1.165) is 11.3 Å². The van der Waals surface area contributed by atoms with Gasteiger partial charge in [0.2, 0.25) is 5.95 Å². The number of H-pyrrole nitrogens is 1. The van der Waals surface area contributed by atoms with E-state index in [9.17, 15) is 4.79 Å². The fourth-order valence-electron chi connectivity index (χ4n) is 2.20. The molecule has 1 aromatic heterocycles. The van der Waals surface area contributed by atoms with Gasteiger partial charge in [-0.05, 0) is 33.6 Å². The lowest BCUT2D eigenvalue weighted by Gasteiger charge is -2.21. The van der Waals surface area contributed by atoms with Gasteiger partial charge >= 0.3 is 0 Å². The molecule has 1 atom stereocenters. The van der Waals surface area contributed by atoms with E-state index in [2.05, 4.69) is 31.2 Å². The van der Waals surface area contributed by atoms with Gasteiger partial charge in [0.1, 0.15) is 11.4 Å². The summed E-state index contributed by atoms with van der Waals surface area (Å²) in [6.07, 6.45) is 0. The first kappa shape index (κ1) is 13.7. The van der Waals surface area contributed by atoms with Crippen molar-refractivity contribution in [2.75, 3.05) is 23.1 Å². The Labute approximate surface area is 129 Å². The molecule has 0 aliphatic carbocycles. The highest BCUT2D eigenvalue weighted by Crippen LogP contribution is 2.33. The SMILES string of the molecule is COc1ccc(CN2c3nc(N)[nH]c(=O)c3NC2Br)cc1. The number of nitrogens with zero attached hydrogens (tertiary/aromatic N) is 2. The number of halogens is 1. The molecule has 2 aromatic rings. The summed E-state index contributed by atoms with van der Waals surface area (Å²) in [4.78, 5) is 20.5. The number of benzene rings is 1. The molecule has 0 spiro atoms. The van der Waals surface area contributed by atoms with E-state index >= 15 is 0 Å². The van der Waals surface area contributed by atoms with Crippen LogP contribution in [0.2, 0.25) is 0 Å². The number of hydrogen-bond acceptors (Lipinski definition) is 6. The molecule has 110 valence electrons. The predicted octanol–water partition coefficient (Wildman–Crippen LogP) is 1.47. The summed E-state index contributed by atoms with van der Waals surface area (Å²) in [6, 6.07) is 7.71. The number of aromatic nitrogens is 2. The first-order valence-electron chi connectivity index (χ1n) is 6.28. The topological polar surface area (TPSA) is 96.3 Å². The molecule has 2 heterocycles. The van der Waals surface area contributed by atoms with Crippen molar-refractivity contribution in [3.8, 4) is 5.75 Å². The number of alkyl halides is 1. The highest BCUT2D eigenvalue weighted by Gasteiger charge is 2.30. The maximum atomic E-state index is 11.9. The van der Waals surface area contributed by atoms with E-state index in [0.29, 0.717) is 18.1 Å². The zero-order chi connectivity index (χ0) is 15.0. The maximum Gasteiger partial charge on any atom is 0.277 e. The molecule has 1 unspecified atom stereocenters. The molecule has 0 fully saturated rings. The Hall–Kier alpha value is -2.22. The fourth-order valence-corrected chi connectivity index (χ4v) is 2.77. The molecule has 21 heavy (non-hydrogen) atoms. The minimum Gasteiger partial charge on any atom is -0.497 e. The third-order valence-electron chi connectivity index (χ3n) is 3.24. The van der Waals surface area contributed by atoms with E-state index in [4.69, 9.17) is 10.5 Å². The molecule has 0 amide bonds. The molecule has 0 bridgehead atoms. The molecular formula is C13H14BrN5O2. The first-order chi connectivity index (χ1) is 10.1. The van der Waals surface area contributed by atoms with Crippen LogP contribution in [-0.2, 0) is 6.54 Å². The zero-order valence-electron chi connectivity index (χ0n) is 11.3. The second-order valence-electron chi connectivity index (χ2n) is 4.61. The number of nitrogens with two attached hydrogens (primary N) is 1. The van der Waals surface area contributed by atoms with Gasteiger partial charge in [0.25, 0.3) is 5.56 Å². The Morgan fingerprint density at radius 1 is 1.43 bits per heavy atom. The van der Waals surface area contributed by atoms with Crippen molar-refractivity contribution in [3.63, 3.8) is 0 Å². The van der Waals surface area contributed by atoms with E-state index in [1.807, 2.05) is 29.2 Å². The van der Waals surface area contributed by atoms with Crippen LogP contribution >= 0.6 is 15.9 Å². The standard InChI is InChI=1S/C13H14BrN5O2/c1-21-8-4-2-7(3-5-8)6-19-10-9(16-12(19)14)11(20)18-13(15)17-10/h2-5,12,16H,6H2,1H3,(H3,15,17,18,20). The smallest absolute Gasteiger partial charge is 0.277 e. The van der Waals surface area contributed by atoms with Crippen LogP contribution in [0.15, 0.2) is 29.1 Å². The summed E-state index contributed by atoms with van der Waals surface area (Å²) in [5.74, 6) is 1.43. The second-order valence-corrected chi connectivity index (χ2v) is 5.47. The Balaban J connectivity index is 1.91. The molecular weight excluding hydrogens is 338 g/mol. The zero-order valence-corrected chi connectivity index (χ0v) is 12.8. The van der Waals surface area contributed by atoms with Crippen LogP contribution in [-0.4, -0.2) is 22.2 Å². The molecule has 8 heteroatoms. The quantitative estimate of drug-likeness (QED) is 0.572. The highest BCUT2D eigenvalue weighted by atomic mass is 79.9. The Morgan fingerprint density at radius 3 is 2.81 bits per heavy atom. The van der Waals surface area contributed by atoms with Crippen molar-refractivity contribution in [2.24, 2.45) is 0 Å². The highest BCUT2D eigenvalue weighted by molar-refractivity contribution is 9.09. The molecule has 0 saturated carbocycles. The predicted molar refractivity (Wildman–Crippen MR) is 84.8 cm³/mol. The molecule has 7 nitrogen and oxygen atoms in total. The van der Waals surface area contributed by atoms with Gasteiger partial charge in [0, 0.05) is 6.54 Å². The number of methoxy groups -OCH3 is 1. The number of nitrogens with one attached hydrogen (secondary N) is 2. The molecule has 1 aliphatic rings. The van der Waals surface area contributed by atoms with Crippen LogP contribution in [0.25, 0.3) is 0 Å². The molecule has 0 saturated heterocycles. The van der Waals surface area contributed by atoms with Gasteiger partial charge < -0.3 is 20.7 Å². The fraction of sp³-hybridized carbons (Fsp3) is 0.231. The number of anilines is 3.